The topological polar surface area (TPSA) is 64.8 Å². The zero-order valence-electron chi connectivity index (χ0n) is 12.9. The Labute approximate surface area is 126 Å². The van der Waals surface area contributed by atoms with Gasteiger partial charge in [0.15, 0.2) is 5.82 Å². The van der Waals surface area contributed by atoms with Crippen molar-refractivity contribution in [3.63, 3.8) is 0 Å². The van der Waals surface area contributed by atoms with Crippen LogP contribution in [0.4, 0.5) is 5.82 Å². The number of aromatic nitrogens is 2. The second kappa shape index (κ2) is 5.98. The Morgan fingerprint density at radius 3 is 2.52 bits per heavy atom. The molecule has 2 bridgehead atoms. The van der Waals surface area contributed by atoms with Crippen LogP contribution in [0, 0.1) is 17.2 Å². The third-order valence-corrected chi connectivity index (χ3v) is 4.94. The van der Waals surface area contributed by atoms with E-state index in [-0.39, 0.29) is 0 Å². The standard InChI is InChI=1S/C16H23N5/c1-3-12-13(9-17)16(20-19-14(12)4-2)18-15-10-21-7-5-11(15)6-8-21/h11,15H,3-8,10H2,1-2H3,(H,18,20). The number of fused-ring (bicyclic) bond motifs is 3. The minimum Gasteiger partial charge on any atom is -0.363 e. The summed E-state index contributed by atoms with van der Waals surface area (Å²) in [4.78, 5) is 2.50. The highest BCUT2D eigenvalue weighted by Crippen LogP contribution is 2.30. The maximum atomic E-state index is 9.54. The van der Waals surface area contributed by atoms with Crippen molar-refractivity contribution < 1.29 is 0 Å². The van der Waals surface area contributed by atoms with Crippen molar-refractivity contribution in [1.82, 2.24) is 15.1 Å². The maximum absolute atomic E-state index is 9.54. The zero-order valence-corrected chi connectivity index (χ0v) is 12.9. The van der Waals surface area contributed by atoms with E-state index in [1.807, 2.05) is 0 Å². The molecule has 21 heavy (non-hydrogen) atoms. The molecule has 3 aliphatic rings. The number of piperidine rings is 3. The minimum atomic E-state index is 0.408. The Balaban J connectivity index is 1.87. The summed E-state index contributed by atoms with van der Waals surface area (Å²) >= 11 is 0. The molecule has 3 aliphatic heterocycles. The van der Waals surface area contributed by atoms with Gasteiger partial charge in [0, 0.05) is 12.6 Å². The number of aryl methyl sites for hydroxylation is 1. The van der Waals surface area contributed by atoms with Crippen LogP contribution >= 0.6 is 0 Å². The first-order valence-electron chi connectivity index (χ1n) is 8.04. The van der Waals surface area contributed by atoms with Gasteiger partial charge in [0.2, 0.25) is 0 Å². The number of hydrogen-bond donors (Lipinski definition) is 1. The van der Waals surface area contributed by atoms with Crippen LogP contribution in [-0.4, -0.2) is 40.8 Å². The summed E-state index contributed by atoms with van der Waals surface area (Å²) in [5, 5.41) is 21.7. The highest BCUT2D eigenvalue weighted by atomic mass is 15.2. The van der Waals surface area contributed by atoms with Crippen LogP contribution in [0.2, 0.25) is 0 Å². The van der Waals surface area contributed by atoms with Crippen molar-refractivity contribution >= 4 is 5.82 Å². The van der Waals surface area contributed by atoms with Gasteiger partial charge in [0.05, 0.1) is 5.69 Å². The molecule has 0 aromatic carbocycles. The lowest BCUT2D eigenvalue weighted by Crippen LogP contribution is -2.53. The van der Waals surface area contributed by atoms with E-state index in [0.29, 0.717) is 23.3 Å². The van der Waals surface area contributed by atoms with Crippen molar-refractivity contribution in [3.8, 4) is 6.07 Å². The monoisotopic (exact) mass is 285 g/mol. The zero-order chi connectivity index (χ0) is 14.8. The third-order valence-electron chi connectivity index (χ3n) is 4.94. The first-order chi connectivity index (χ1) is 10.3. The molecule has 0 radical (unpaired) electrons. The van der Waals surface area contributed by atoms with E-state index in [2.05, 4.69) is 40.3 Å². The Kier molecular flexibility index (Phi) is 4.07. The van der Waals surface area contributed by atoms with Gasteiger partial charge in [0.1, 0.15) is 11.6 Å². The van der Waals surface area contributed by atoms with Gasteiger partial charge < -0.3 is 10.2 Å². The minimum absolute atomic E-state index is 0.408. The highest BCUT2D eigenvalue weighted by molar-refractivity contribution is 5.57. The quantitative estimate of drug-likeness (QED) is 0.916. The van der Waals surface area contributed by atoms with Gasteiger partial charge in [-0.25, -0.2) is 0 Å². The predicted molar refractivity (Wildman–Crippen MR) is 82.1 cm³/mol. The number of nitrogens with zero attached hydrogens (tertiary/aromatic N) is 4. The summed E-state index contributed by atoms with van der Waals surface area (Å²) in [6, 6.07) is 2.75. The van der Waals surface area contributed by atoms with Gasteiger partial charge in [-0.1, -0.05) is 13.8 Å². The summed E-state index contributed by atoms with van der Waals surface area (Å²) in [6.07, 6.45) is 4.16. The van der Waals surface area contributed by atoms with Crippen molar-refractivity contribution in [2.24, 2.45) is 5.92 Å². The van der Waals surface area contributed by atoms with Crippen molar-refractivity contribution in [3.05, 3.63) is 16.8 Å². The molecule has 4 rings (SSSR count). The molecular weight excluding hydrogens is 262 g/mol. The van der Waals surface area contributed by atoms with E-state index >= 15 is 0 Å². The summed E-state index contributed by atoms with van der Waals surface area (Å²) in [6.45, 7) is 7.64. The van der Waals surface area contributed by atoms with Crippen molar-refractivity contribution in [1.29, 1.82) is 5.26 Å². The molecule has 0 aliphatic carbocycles. The van der Waals surface area contributed by atoms with Crippen LogP contribution in [0.1, 0.15) is 43.5 Å². The summed E-state index contributed by atoms with van der Waals surface area (Å²) in [5.41, 5.74) is 2.70. The molecular formula is C16H23N5. The lowest BCUT2D eigenvalue weighted by atomic mass is 9.84. The average molecular weight is 285 g/mol. The molecule has 3 saturated heterocycles. The SMILES string of the molecule is CCc1nnc(NC2CN3CCC2CC3)c(C#N)c1CC. The van der Waals surface area contributed by atoms with Gasteiger partial charge in [-0.3, -0.25) is 0 Å². The van der Waals surface area contributed by atoms with E-state index in [9.17, 15) is 5.26 Å². The molecule has 3 fully saturated rings. The van der Waals surface area contributed by atoms with Crippen LogP contribution in [0.25, 0.3) is 0 Å². The maximum Gasteiger partial charge on any atom is 0.167 e. The fourth-order valence-electron chi connectivity index (χ4n) is 3.70. The Morgan fingerprint density at radius 1 is 1.24 bits per heavy atom. The number of nitriles is 1. The second-order valence-electron chi connectivity index (χ2n) is 6.06. The molecule has 4 heterocycles. The van der Waals surface area contributed by atoms with Crippen LogP contribution in [0.3, 0.4) is 0 Å². The van der Waals surface area contributed by atoms with Gasteiger partial charge in [-0.15, -0.1) is 5.10 Å². The lowest BCUT2D eigenvalue weighted by molar-refractivity contribution is 0.0973. The number of hydrogen-bond acceptors (Lipinski definition) is 5. The normalized spacial score (nSPS) is 27.4. The van der Waals surface area contributed by atoms with Crippen LogP contribution in [0.15, 0.2) is 0 Å². The van der Waals surface area contributed by atoms with E-state index in [4.69, 9.17) is 0 Å². The Morgan fingerprint density at radius 2 is 2.00 bits per heavy atom. The fourth-order valence-corrected chi connectivity index (χ4v) is 3.70. The highest BCUT2D eigenvalue weighted by Gasteiger charge is 2.34. The van der Waals surface area contributed by atoms with E-state index in [0.717, 1.165) is 30.6 Å². The number of anilines is 1. The molecule has 0 spiro atoms. The third kappa shape index (κ3) is 2.60. The molecule has 1 aromatic heterocycles. The van der Waals surface area contributed by atoms with Gasteiger partial charge in [0.25, 0.3) is 0 Å². The van der Waals surface area contributed by atoms with E-state index in [1.54, 1.807) is 0 Å². The first-order valence-corrected chi connectivity index (χ1v) is 8.04. The second-order valence-corrected chi connectivity index (χ2v) is 6.06. The fraction of sp³-hybridized carbons (Fsp3) is 0.688. The van der Waals surface area contributed by atoms with Crippen LogP contribution in [-0.2, 0) is 12.8 Å². The summed E-state index contributed by atoms with van der Waals surface area (Å²) in [5.74, 6) is 1.39. The van der Waals surface area contributed by atoms with Crippen LogP contribution in [0.5, 0.6) is 0 Å². The number of nitrogens with one attached hydrogen (secondary N) is 1. The van der Waals surface area contributed by atoms with Crippen LogP contribution < -0.4 is 5.32 Å². The van der Waals surface area contributed by atoms with Gasteiger partial charge in [-0.05, 0) is 50.3 Å². The van der Waals surface area contributed by atoms with Gasteiger partial charge in [-0.2, -0.15) is 10.4 Å². The summed E-state index contributed by atoms with van der Waals surface area (Å²) < 4.78 is 0. The molecule has 1 unspecified atom stereocenters. The largest absolute Gasteiger partial charge is 0.363 e. The molecule has 0 saturated carbocycles. The molecule has 1 aromatic rings. The molecule has 0 amide bonds. The van der Waals surface area contributed by atoms with Gasteiger partial charge >= 0.3 is 0 Å². The average Bonchev–Trinajstić information content (AvgIpc) is 2.55. The number of rotatable bonds is 4. The lowest BCUT2D eigenvalue weighted by Gasteiger charge is -2.45. The first kappa shape index (κ1) is 14.3. The molecule has 112 valence electrons. The molecule has 5 heteroatoms. The van der Waals surface area contributed by atoms with E-state index < -0.39 is 0 Å². The summed E-state index contributed by atoms with van der Waals surface area (Å²) in [7, 11) is 0. The molecule has 1 atom stereocenters. The smallest absolute Gasteiger partial charge is 0.167 e. The van der Waals surface area contributed by atoms with Crippen molar-refractivity contribution in [2.45, 2.75) is 45.6 Å². The molecule has 1 N–H and O–H groups in total. The predicted octanol–water partition coefficient (Wildman–Crippen LogP) is 1.98. The van der Waals surface area contributed by atoms with Crippen molar-refractivity contribution in [2.75, 3.05) is 25.0 Å². The molecule has 5 nitrogen and oxygen atoms in total. The van der Waals surface area contributed by atoms with E-state index in [1.165, 1.54) is 25.9 Å². The Hall–Kier alpha value is -1.67. The Bertz CT molecular complexity index is 555.